The summed E-state index contributed by atoms with van der Waals surface area (Å²) in [4.78, 5) is 24.8. The summed E-state index contributed by atoms with van der Waals surface area (Å²) >= 11 is 0. The number of benzene rings is 2. The number of anilines is 1. The van der Waals surface area contributed by atoms with Crippen LogP contribution in [0.25, 0.3) is 0 Å². The van der Waals surface area contributed by atoms with Crippen LogP contribution in [0, 0.1) is 5.82 Å². The number of rotatable bonds is 8. The second-order valence-corrected chi connectivity index (χ2v) is 6.26. The first-order valence-corrected chi connectivity index (χ1v) is 9.33. The fourth-order valence-electron chi connectivity index (χ4n) is 2.89. The van der Waals surface area contributed by atoms with Gasteiger partial charge in [-0.2, -0.15) is 5.10 Å². The normalized spacial score (nSPS) is 15.6. The molecular weight excluding hydrogens is 377 g/mol. The number of halogens is 1. The smallest absolute Gasteiger partial charge is 0.354 e. The number of para-hydroxylation sites is 1. The Kier molecular flexibility index (Phi) is 6.78. The third-order valence-electron chi connectivity index (χ3n) is 4.21. The quantitative estimate of drug-likeness (QED) is 0.545. The van der Waals surface area contributed by atoms with E-state index < -0.39 is 12.0 Å². The molecule has 0 bridgehead atoms. The Morgan fingerprint density at radius 3 is 2.72 bits per heavy atom. The van der Waals surface area contributed by atoms with Crippen LogP contribution < -0.4 is 15.1 Å². The van der Waals surface area contributed by atoms with Crippen LogP contribution in [0.4, 0.5) is 10.1 Å². The minimum atomic E-state index is -0.675. The highest BCUT2D eigenvalue weighted by Crippen LogP contribution is 2.25. The van der Waals surface area contributed by atoms with Crippen LogP contribution in [0.3, 0.4) is 0 Å². The van der Waals surface area contributed by atoms with Crippen molar-refractivity contribution in [3.63, 3.8) is 0 Å². The van der Waals surface area contributed by atoms with Crippen molar-refractivity contribution in [2.75, 3.05) is 24.8 Å². The van der Waals surface area contributed by atoms with Gasteiger partial charge in [0.25, 0.3) is 0 Å². The van der Waals surface area contributed by atoms with E-state index in [-0.39, 0.29) is 43.6 Å². The van der Waals surface area contributed by atoms with E-state index in [1.807, 2.05) is 30.3 Å². The van der Waals surface area contributed by atoms with Gasteiger partial charge in [-0.15, -0.1) is 0 Å². The molecule has 1 aliphatic rings. The number of nitrogens with zero attached hydrogens (tertiary/aromatic N) is 2. The Balaban J connectivity index is 1.60. The molecule has 0 saturated heterocycles. The molecule has 0 radical (unpaired) electrons. The van der Waals surface area contributed by atoms with Crippen LogP contribution in [0.15, 0.2) is 59.7 Å². The van der Waals surface area contributed by atoms with Gasteiger partial charge in [-0.3, -0.25) is 9.80 Å². The zero-order valence-electron chi connectivity index (χ0n) is 16.0. The van der Waals surface area contributed by atoms with Crippen molar-refractivity contribution in [2.45, 2.75) is 19.4 Å². The molecule has 1 amide bonds. The van der Waals surface area contributed by atoms with E-state index in [9.17, 15) is 14.0 Å². The average Bonchev–Trinajstić information content (AvgIpc) is 3.18. The molecular formula is C21H22FN3O4. The first-order valence-electron chi connectivity index (χ1n) is 9.33. The van der Waals surface area contributed by atoms with Gasteiger partial charge in [-0.25, -0.2) is 9.18 Å². The zero-order valence-corrected chi connectivity index (χ0v) is 16.0. The number of nitrogens with one attached hydrogen (secondary N) is 1. The molecule has 2 aromatic carbocycles. The fraction of sp³-hybridized carbons (Fsp3) is 0.286. The molecule has 1 N–H and O–H groups in total. The summed E-state index contributed by atoms with van der Waals surface area (Å²) in [5.74, 6) is -0.823. The molecule has 1 aliphatic heterocycles. The number of hydrazone groups is 1. The summed E-state index contributed by atoms with van der Waals surface area (Å²) in [6.07, 6.45) is 0.143. The lowest BCUT2D eigenvalue weighted by Gasteiger charge is -2.22. The highest BCUT2D eigenvalue weighted by molar-refractivity contribution is 6.38. The molecule has 3 rings (SSSR count). The Bertz CT molecular complexity index is 889. The Labute approximate surface area is 168 Å². The second-order valence-electron chi connectivity index (χ2n) is 6.26. The molecule has 0 spiro atoms. The molecule has 8 heteroatoms. The maximum atomic E-state index is 13.2. The van der Waals surface area contributed by atoms with Crippen molar-refractivity contribution >= 4 is 23.3 Å². The van der Waals surface area contributed by atoms with Crippen LogP contribution in [-0.4, -0.2) is 43.4 Å². The third kappa shape index (κ3) is 5.31. The monoisotopic (exact) mass is 399 g/mol. The lowest BCUT2D eigenvalue weighted by atomic mass is 10.1. The minimum absolute atomic E-state index is 0.143. The van der Waals surface area contributed by atoms with E-state index in [1.54, 1.807) is 19.1 Å². The summed E-state index contributed by atoms with van der Waals surface area (Å²) in [6.45, 7) is 2.35. The van der Waals surface area contributed by atoms with Gasteiger partial charge < -0.3 is 14.8 Å². The van der Waals surface area contributed by atoms with Gasteiger partial charge in [-0.05, 0) is 31.2 Å². The van der Waals surface area contributed by atoms with Gasteiger partial charge in [-0.1, -0.05) is 24.3 Å². The summed E-state index contributed by atoms with van der Waals surface area (Å²) < 4.78 is 23.6. The van der Waals surface area contributed by atoms with E-state index in [4.69, 9.17) is 9.47 Å². The van der Waals surface area contributed by atoms with Crippen molar-refractivity contribution in [3.8, 4) is 5.75 Å². The topological polar surface area (TPSA) is 80.2 Å². The predicted octanol–water partition coefficient (Wildman–Crippen LogP) is 2.52. The molecule has 1 heterocycles. The SMILES string of the molecule is CCOC(=O)C1=NN(c2ccccc2)C(C(=O)NCCOc2cccc(F)c2)C1. The van der Waals surface area contributed by atoms with Crippen molar-refractivity contribution < 1.29 is 23.5 Å². The summed E-state index contributed by atoms with van der Waals surface area (Å²) in [5.41, 5.74) is 0.898. The standard InChI is InChI=1S/C21H22FN3O4/c1-2-28-21(27)18-14-19(25(24-18)16-8-4-3-5-9-16)20(26)23-11-12-29-17-10-6-7-15(22)13-17/h3-10,13,19H,2,11-12,14H2,1H3,(H,23,26). The molecule has 1 unspecified atom stereocenters. The Hall–Kier alpha value is -3.42. The van der Waals surface area contributed by atoms with Crippen LogP contribution in [0.5, 0.6) is 5.75 Å². The lowest BCUT2D eigenvalue weighted by Crippen LogP contribution is -2.44. The van der Waals surface area contributed by atoms with Gasteiger partial charge in [0, 0.05) is 12.5 Å². The highest BCUT2D eigenvalue weighted by atomic mass is 19.1. The largest absolute Gasteiger partial charge is 0.492 e. The fourth-order valence-corrected chi connectivity index (χ4v) is 2.89. The maximum absolute atomic E-state index is 13.2. The zero-order chi connectivity index (χ0) is 20.6. The van der Waals surface area contributed by atoms with Crippen molar-refractivity contribution in [3.05, 3.63) is 60.4 Å². The Morgan fingerprint density at radius 2 is 2.00 bits per heavy atom. The number of hydrogen-bond acceptors (Lipinski definition) is 6. The van der Waals surface area contributed by atoms with E-state index >= 15 is 0 Å². The molecule has 1 atom stereocenters. The lowest BCUT2D eigenvalue weighted by molar-refractivity contribution is -0.135. The molecule has 0 aliphatic carbocycles. The summed E-state index contributed by atoms with van der Waals surface area (Å²) in [5, 5.41) is 8.61. The summed E-state index contributed by atoms with van der Waals surface area (Å²) in [7, 11) is 0. The number of carbonyl (C=O) groups is 2. The van der Waals surface area contributed by atoms with E-state index in [0.717, 1.165) is 0 Å². The number of amides is 1. The number of hydrogen-bond donors (Lipinski definition) is 1. The second kappa shape index (κ2) is 9.68. The molecule has 7 nitrogen and oxygen atoms in total. The maximum Gasteiger partial charge on any atom is 0.354 e. The van der Waals surface area contributed by atoms with Gasteiger partial charge in [0.1, 0.15) is 29.9 Å². The number of esters is 1. The van der Waals surface area contributed by atoms with Gasteiger partial charge in [0.15, 0.2) is 0 Å². The van der Waals surface area contributed by atoms with Gasteiger partial charge in [0.05, 0.1) is 18.8 Å². The van der Waals surface area contributed by atoms with E-state index in [0.29, 0.717) is 11.4 Å². The van der Waals surface area contributed by atoms with Gasteiger partial charge in [0.2, 0.25) is 5.91 Å². The molecule has 0 aromatic heterocycles. The van der Waals surface area contributed by atoms with Crippen LogP contribution in [0.2, 0.25) is 0 Å². The minimum Gasteiger partial charge on any atom is -0.492 e. The average molecular weight is 399 g/mol. The first-order chi connectivity index (χ1) is 14.1. The van der Waals surface area contributed by atoms with Crippen LogP contribution in [-0.2, 0) is 14.3 Å². The highest BCUT2D eigenvalue weighted by Gasteiger charge is 2.36. The Morgan fingerprint density at radius 1 is 1.21 bits per heavy atom. The molecule has 152 valence electrons. The third-order valence-corrected chi connectivity index (χ3v) is 4.21. The molecule has 0 fully saturated rings. The summed E-state index contributed by atoms with van der Waals surface area (Å²) in [6, 6.07) is 14.2. The predicted molar refractivity (Wildman–Crippen MR) is 106 cm³/mol. The van der Waals surface area contributed by atoms with Crippen LogP contribution >= 0.6 is 0 Å². The first kappa shape index (κ1) is 20.3. The number of carbonyl (C=O) groups excluding carboxylic acids is 2. The van der Waals surface area contributed by atoms with Crippen molar-refractivity contribution in [1.29, 1.82) is 0 Å². The van der Waals surface area contributed by atoms with Crippen LogP contribution in [0.1, 0.15) is 13.3 Å². The molecule has 29 heavy (non-hydrogen) atoms. The van der Waals surface area contributed by atoms with Crippen molar-refractivity contribution in [2.24, 2.45) is 5.10 Å². The van der Waals surface area contributed by atoms with Crippen molar-refractivity contribution in [1.82, 2.24) is 5.32 Å². The van der Waals surface area contributed by atoms with E-state index in [1.165, 1.54) is 17.1 Å². The van der Waals surface area contributed by atoms with E-state index in [2.05, 4.69) is 10.4 Å². The molecule has 0 saturated carbocycles. The van der Waals surface area contributed by atoms with Gasteiger partial charge >= 0.3 is 5.97 Å². The number of ether oxygens (including phenoxy) is 2. The molecule has 2 aromatic rings.